The Morgan fingerprint density at radius 2 is 2.00 bits per heavy atom. The van der Waals surface area contributed by atoms with Gasteiger partial charge in [-0.25, -0.2) is 0 Å². The van der Waals surface area contributed by atoms with E-state index >= 15 is 0 Å². The normalized spacial score (nSPS) is 14.7. The Hall–Kier alpha value is -0.870. The van der Waals surface area contributed by atoms with Crippen molar-refractivity contribution >= 4 is 11.8 Å². The van der Waals surface area contributed by atoms with Crippen LogP contribution in [0.15, 0.2) is 23.1 Å². The van der Waals surface area contributed by atoms with Gasteiger partial charge in [0, 0.05) is 17.1 Å². The third kappa shape index (κ3) is 2.79. The van der Waals surface area contributed by atoms with Gasteiger partial charge in [-0.3, -0.25) is 0 Å². The Morgan fingerprint density at radius 1 is 1.20 bits per heavy atom. The van der Waals surface area contributed by atoms with Crippen LogP contribution in [0.4, 0.5) is 0 Å². The highest BCUT2D eigenvalue weighted by Gasteiger charge is 2.10. The predicted molar refractivity (Wildman–Crippen MR) is 59.9 cm³/mol. The van der Waals surface area contributed by atoms with E-state index in [9.17, 15) is 0 Å². The fourth-order valence-electron chi connectivity index (χ4n) is 1.40. The van der Waals surface area contributed by atoms with Crippen LogP contribution in [-0.4, -0.2) is 30.7 Å². The molecule has 2 rings (SSSR count). The largest absolute Gasteiger partial charge is 0.490 e. The molecule has 4 heteroatoms. The van der Waals surface area contributed by atoms with Gasteiger partial charge in [0.2, 0.25) is 0 Å². The molecule has 0 spiro atoms. The van der Waals surface area contributed by atoms with Gasteiger partial charge in [0.15, 0.2) is 11.5 Å². The number of fused-ring (bicyclic) bond motifs is 1. The van der Waals surface area contributed by atoms with E-state index in [1.54, 1.807) is 11.8 Å². The van der Waals surface area contributed by atoms with Gasteiger partial charge in [-0.15, -0.1) is 11.8 Å². The molecule has 0 radical (unpaired) electrons. The Morgan fingerprint density at radius 3 is 2.80 bits per heavy atom. The number of ether oxygens (including phenoxy) is 2. The van der Waals surface area contributed by atoms with E-state index in [2.05, 4.69) is 0 Å². The maximum atomic E-state index is 8.73. The van der Waals surface area contributed by atoms with Crippen molar-refractivity contribution in [3.63, 3.8) is 0 Å². The van der Waals surface area contributed by atoms with E-state index in [0.29, 0.717) is 12.4 Å². The van der Waals surface area contributed by atoms with Crippen LogP contribution in [0.5, 0.6) is 11.5 Å². The standard InChI is InChI=1S/C11H14O3S/c12-4-7-15-9-2-3-10-11(8-9)14-6-1-5-13-10/h2-3,8,12H,1,4-7H2. The molecule has 1 heterocycles. The first-order chi connectivity index (χ1) is 7.40. The molecule has 1 aliphatic rings. The van der Waals surface area contributed by atoms with E-state index in [4.69, 9.17) is 14.6 Å². The molecule has 0 bridgehead atoms. The Balaban J connectivity index is 2.13. The third-order valence-corrected chi connectivity index (χ3v) is 3.05. The number of aliphatic hydroxyl groups is 1. The van der Waals surface area contributed by atoms with Gasteiger partial charge >= 0.3 is 0 Å². The molecule has 0 aliphatic carbocycles. The number of thioether (sulfide) groups is 1. The van der Waals surface area contributed by atoms with Crippen molar-refractivity contribution in [2.24, 2.45) is 0 Å². The van der Waals surface area contributed by atoms with Crippen molar-refractivity contribution in [1.82, 2.24) is 0 Å². The van der Waals surface area contributed by atoms with E-state index in [0.717, 1.165) is 29.4 Å². The zero-order valence-corrected chi connectivity index (χ0v) is 9.26. The lowest BCUT2D eigenvalue weighted by Crippen LogP contribution is -1.97. The number of rotatable bonds is 3. The summed E-state index contributed by atoms with van der Waals surface area (Å²) in [4.78, 5) is 1.10. The van der Waals surface area contributed by atoms with Crippen LogP contribution < -0.4 is 9.47 Å². The van der Waals surface area contributed by atoms with Crippen LogP contribution in [0.2, 0.25) is 0 Å². The highest BCUT2D eigenvalue weighted by Crippen LogP contribution is 2.33. The zero-order valence-electron chi connectivity index (χ0n) is 8.44. The highest BCUT2D eigenvalue weighted by molar-refractivity contribution is 7.99. The highest BCUT2D eigenvalue weighted by atomic mass is 32.2. The predicted octanol–water partition coefficient (Wildman–Crippen LogP) is 1.93. The summed E-state index contributed by atoms with van der Waals surface area (Å²) in [5, 5.41) is 8.73. The molecule has 1 aromatic carbocycles. The van der Waals surface area contributed by atoms with Crippen LogP contribution >= 0.6 is 11.8 Å². The molecule has 3 nitrogen and oxygen atoms in total. The van der Waals surface area contributed by atoms with Crippen molar-refractivity contribution in [3.8, 4) is 11.5 Å². The topological polar surface area (TPSA) is 38.7 Å². The van der Waals surface area contributed by atoms with E-state index in [1.807, 2.05) is 18.2 Å². The van der Waals surface area contributed by atoms with Crippen molar-refractivity contribution in [2.75, 3.05) is 25.6 Å². The lowest BCUT2D eigenvalue weighted by Gasteiger charge is -2.08. The van der Waals surface area contributed by atoms with Crippen LogP contribution in [0.3, 0.4) is 0 Å². The maximum Gasteiger partial charge on any atom is 0.162 e. The van der Waals surface area contributed by atoms with Crippen molar-refractivity contribution in [1.29, 1.82) is 0 Å². The molecule has 1 N–H and O–H groups in total. The molecule has 0 aromatic heterocycles. The van der Waals surface area contributed by atoms with Crippen LogP contribution in [0.25, 0.3) is 0 Å². The summed E-state index contributed by atoms with van der Waals surface area (Å²) in [6.45, 7) is 1.62. The fraction of sp³-hybridized carbons (Fsp3) is 0.455. The molecule has 0 saturated heterocycles. The van der Waals surface area contributed by atoms with Gasteiger partial charge in [0.05, 0.1) is 19.8 Å². The Bertz CT molecular complexity index is 328. The van der Waals surface area contributed by atoms with Crippen LogP contribution in [-0.2, 0) is 0 Å². The first-order valence-electron chi connectivity index (χ1n) is 5.03. The number of hydrogen-bond acceptors (Lipinski definition) is 4. The molecule has 0 saturated carbocycles. The Labute approximate surface area is 93.4 Å². The molecular formula is C11H14O3S. The van der Waals surface area contributed by atoms with Crippen molar-refractivity contribution in [3.05, 3.63) is 18.2 Å². The van der Waals surface area contributed by atoms with Gasteiger partial charge in [-0.1, -0.05) is 0 Å². The quantitative estimate of drug-likeness (QED) is 0.799. The molecule has 82 valence electrons. The maximum absolute atomic E-state index is 8.73. The zero-order chi connectivity index (χ0) is 10.5. The molecule has 1 aromatic rings. The van der Waals surface area contributed by atoms with E-state index in [1.165, 1.54) is 0 Å². The van der Waals surface area contributed by atoms with Gasteiger partial charge in [-0.05, 0) is 18.2 Å². The smallest absolute Gasteiger partial charge is 0.162 e. The minimum Gasteiger partial charge on any atom is -0.490 e. The summed E-state index contributed by atoms with van der Waals surface area (Å²) < 4.78 is 11.1. The van der Waals surface area contributed by atoms with E-state index in [-0.39, 0.29) is 6.61 Å². The van der Waals surface area contributed by atoms with Gasteiger partial charge in [0.25, 0.3) is 0 Å². The number of hydrogen-bond donors (Lipinski definition) is 1. The summed E-state index contributed by atoms with van der Waals surface area (Å²) in [6.07, 6.45) is 0.924. The summed E-state index contributed by atoms with van der Waals surface area (Å²) in [7, 11) is 0. The molecule has 0 atom stereocenters. The molecular weight excluding hydrogens is 212 g/mol. The summed E-state index contributed by atoms with van der Waals surface area (Å²) in [6, 6.07) is 5.90. The molecule has 1 aliphatic heterocycles. The first-order valence-corrected chi connectivity index (χ1v) is 6.02. The molecule has 0 amide bonds. The average Bonchev–Trinajstić information content (AvgIpc) is 2.50. The summed E-state index contributed by atoms with van der Waals surface area (Å²) in [5.74, 6) is 2.34. The van der Waals surface area contributed by atoms with Crippen LogP contribution in [0.1, 0.15) is 6.42 Å². The first kappa shape index (κ1) is 10.6. The molecule has 0 fully saturated rings. The van der Waals surface area contributed by atoms with Gasteiger partial charge in [-0.2, -0.15) is 0 Å². The summed E-state index contributed by atoms with van der Waals surface area (Å²) in [5.41, 5.74) is 0. The van der Waals surface area contributed by atoms with Crippen molar-refractivity contribution in [2.45, 2.75) is 11.3 Å². The minimum absolute atomic E-state index is 0.194. The second kappa shape index (κ2) is 5.28. The third-order valence-electron chi connectivity index (χ3n) is 2.08. The van der Waals surface area contributed by atoms with Crippen molar-refractivity contribution < 1.29 is 14.6 Å². The molecule has 15 heavy (non-hydrogen) atoms. The number of benzene rings is 1. The monoisotopic (exact) mass is 226 g/mol. The van der Waals surface area contributed by atoms with E-state index < -0.39 is 0 Å². The number of aliphatic hydroxyl groups excluding tert-OH is 1. The van der Waals surface area contributed by atoms with Gasteiger partial charge in [0.1, 0.15) is 0 Å². The minimum atomic E-state index is 0.194. The Kier molecular flexibility index (Phi) is 3.75. The average molecular weight is 226 g/mol. The van der Waals surface area contributed by atoms with Gasteiger partial charge < -0.3 is 14.6 Å². The molecule has 0 unspecified atom stereocenters. The van der Waals surface area contributed by atoms with Crippen LogP contribution in [0, 0.1) is 0 Å². The lowest BCUT2D eigenvalue weighted by atomic mass is 10.3. The fourth-order valence-corrected chi connectivity index (χ4v) is 2.08. The summed E-state index contributed by atoms with van der Waals surface area (Å²) >= 11 is 1.61. The second-order valence-corrected chi connectivity index (χ2v) is 4.40. The SMILES string of the molecule is OCCSc1ccc2c(c1)OCCCO2. The lowest BCUT2D eigenvalue weighted by molar-refractivity contribution is 0.297. The second-order valence-electron chi connectivity index (χ2n) is 3.23.